The van der Waals surface area contributed by atoms with E-state index in [0.717, 1.165) is 0 Å². The molecular formula is C14H17ClN2O3. The fourth-order valence-corrected chi connectivity index (χ4v) is 1.79. The molecule has 0 aliphatic rings. The SMILES string of the molecule is C=CCC(NC(=O)c1cc(Cl)nc(C(C)C)c1)C(=O)O. The Morgan fingerprint density at radius 3 is 2.65 bits per heavy atom. The predicted octanol–water partition coefficient (Wildman–Crippen LogP) is 2.62. The van der Waals surface area contributed by atoms with Gasteiger partial charge in [-0.2, -0.15) is 0 Å². The number of carbonyl (C=O) groups excluding carboxylic acids is 1. The molecule has 5 nitrogen and oxygen atoms in total. The molecule has 0 fully saturated rings. The third kappa shape index (κ3) is 4.35. The second-order valence-electron chi connectivity index (χ2n) is 4.65. The highest BCUT2D eigenvalue weighted by Crippen LogP contribution is 2.17. The van der Waals surface area contributed by atoms with Crippen LogP contribution in [-0.2, 0) is 4.79 Å². The van der Waals surface area contributed by atoms with Gasteiger partial charge in [0.15, 0.2) is 0 Å². The molecule has 1 aromatic rings. The van der Waals surface area contributed by atoms with Crippen LogP contribution in [0.3, 0.4) is 0 Å². The van der Waals surface area contributed by atoms with Crippen LogP contribution >= 0.6 is 11.6 Å². The first-order valence-electron chi connectivity index (χ1n) is 6.17. The van der Waals surface area contributed by atoms with Gasteiger partial charge in [-0.3, -0.25) is 4.79 Å². The van der Waals surface area contributed by atoms with Gasteiger partial charge in [0.1, 0.15) is 11.2 Å². The summed E-state index contributed by atoms with van der Waals surface area (Å²) in [5.41, 5.74) is 0.974. The first-order valence-corrected chi connectivity index (χ1v) is 6.55. The molecule has 2 N–H and O–H groups in total. The van der Waals surface area contributed by atoms with Crippen molar-refractivity contribution in [3.63, 3.8) is 0 Å². The zero-order valence-electron chi connectivity index (χ0n) is 11.4. The molecule has 1 aromatic heterocycles. The normalized spacial score (nSPS) is 12.0. The summed E-state index contributed by atoms with van der Waals surface area (Å²) in [4.78, 5) is 27.2. The Balaban J connectivity index is 2.96. The van der Waals surface area contributed by atoms with E-state index < -0.39 is 17.9 Å². The van der Waals surface area contributed by atoms with E-state index in [-0.39, 0.29) is 17.5 Å². The predicted molar refractivity (Wildman–Crippen MR) is 77.0 cm³/mol. The highest BCUT2D eigenvalue weighted by molar-refractivity contribution is 6.29. The topological polar surface area (TPSA) is 79.3 Å². The molecule has 1 unspecified atom stereocenters. The maximum Gasteiger partial charge on any atom is 0.326 e. The average Bonchev–Trinajstić information content (AvgIpc) is 2.37. The van der Waals surface area contributed by atoms with Gasteiger partial charge < -0.3 is 10.4 Å². The van der Waals surface area contributed by atoms with Gasteiger partial charge in [-0.1, -0.05) is 31.5 Å². The Hall–Kier alpha value is -1.88. The summed E-state index contributed by atoms with van der Waals surface area (Å²) < 4.78 is 0. The molecular weight excluding hydrogens is 280 g/mol. The van der Waals surface area contributed by atoms with Crippen LogP contribution in [0.25, 0.3) is 0 Å². The fraction of sp³-hybridized carbons (Fsp3) is 0.357. The van der Waals surface area contributed by atoms with Gasteiger partial charge in [0.05, 0.1) is 0 Å². The third-order valence-corrected chi connectivity index (χ3v) is 2.87. The first kappa shape index (κ1) is 16.2. The highest BCUT2D eigenvalue weighted by Gasteiger charge is 2.20. The lowest BCUT2D eigenvalue weighted by molar-refractivity contribution is -0.139. The molecule has 1 rings (SSSR count). The molecule has 0 saturated heterocycles. The van der Waals surface area contributed by atoms with E-state index in [4.69, 9.17) is 16.7 Å². The molecule has 0 aliphatic carbocycles. The van der Waals surface area contributed by atoms with Crippen molar-refractivity contribution in [3.8, 4) is 0 Å². The standard InChI is InChI=1S/C14H17ClN2O3/c1-4-5-10(14(19)20)17-13(18)9-6-11(8(2)3)16-12(15)7-9/h4,6-8,10H,1,5H2,2-3H3,(H,17,18)(H,19,20). The summed E-state index contributed by atoms with van der Waals surface area (Å²) in [6.45, 7) is 7.33. The molecule has 20 heavy (non-hydrogen) atoms. The summed E-state index contributed by atoms with van der Waals surface area (Å²) in [5.74, 6) is -1.49. The Morgan fingerprint density at radius 1 is 1.50 bits per heavy atom. The summed E-state index contributed by atoms with van der Waals surface area (Å²) in [6.07, 6.45) is 1.59. The molecule has 0 spiro atoms. The zero-order chi connectivity index (χ0) is 15.3. The van der Waals surface area contributed by atoms with Gasteiger partial charge in [-0.25, -0.2) is 9.78 Å². The number of hydrogen-bond donors (Lipinski definition) is 2. The zero-order valence-corrected chi connectivity index (χ0v) is 12.1. The number of nitrogens with zero attached hydrogens (tertiary/aromatic N) is 1. The van der Waals surface area contributed by atoms with Crippen molar-refractivity contribution >= 4 is 23.5 Å². The molecule has 0 aromatic carbocycles. The molecule has 108 valence electrons. The molecule has 0 saturated carbocycles. The number of carboxylic acid groups (broad SMARTS) is 1. The molecule has 1 amide bonds. The number of amides is 1. The number of hydrogen-bond acceptors (Lipinski definition) is 3. The number of rotatable bonds is 6. The number of aromatic nitrogens is 1. The monoisotopic (exact) mass is 296 g/mol. The van der Waals surface area contributed by atoms with Crippen molar-refractivity contribution in [3.05, 3.63) is 41.2 Å². The van der Waals surface area contributed by atoms with Crippen LogP contribution in [0.2, 0.25) is 5.15 Å². The second-order valence-corrected chi connectivity index (χ2v) is 5.03. The summed E-state index contributed by atoms with van der Waals surface area (Å²) in [7, 11) is 0. The van der Waals surface area contributed by atoms with E-state index in [1.165, 1.54) is 12.1 Å². The van der Waals surface area contributed by atoms with Crippen LogP contribution in [0.5, 0.6) is 0 Å². The lowest BCUT2D eigenvalue weighted by Crippen LogP contribution is -2.40. The van der Waals surface area contributed by atoms with Gasteiger partial charge >= 0.3 is 5.97 Å². The Morgan fingerprint density at radius 2 is 2.15 bits per heavy atom. The highest BCUT2D eigenvalue weighted by atomic mass is 35.5. The minimum atomic E-state index is -1.11. The van der Waals surface area contributed by atoms with E-state index >= 15 is 0 Å². The first-order chi connectivity index (χ1) is 9.35. The number of nitrogens with one attached hydrogen (secondary N) is 1. The number of aliphatic carboxylic acids is 1. The maximum absolute atomic E-state index is 12.1. The van der Waals surface area contributed by atoms with Crippen molar-refractivity contribution in [1.82, 2.24) is 10.3 Å². The lowest BCUT2D eigenvalue weighted by atomic mass is 10.1. The number of halogens is 1. The van der Waals surface area contributed by atoms with Crippen LogP contribution in [0.4, 0.5) is 0 Å². The second kappa shape index (κ2) is 7.05. The summed E-state index contributed by atoms with van der Waals surface area (Å²) >= 11 is 5.87. The van der Waals surface area contributed by atoms with Gasteiger partial charge in [0.25, 0.3) is 5.91 Å². The van der Waals surface area contributed by atoms with E-state index in [1.54, 1.807) is 6.07 Å². The third-order valence-electron chi connectivity index (χ3n) is 2.67. The van der Waals surface area contributed by atoms with Crippen LogP contribution in [0, 0.1) is 0 Å². The number of carbonyl (C=O) groups is 2. The van der Waals surface area contributed by atoms with Crippen molar-refractivity contribution < 1.29 is 14.7 Å². The quantitative estimate of drug-likeness (QED) is 0.625. The van der Waals surface area contributed by atoms with E-state index in [0.29, 0.717) is 11.3 Å². The van der Waals surface area contributed by atoms with E-state index in [1.807, 2.05) is 13.8 Å². The molecule has 1 heterocycles. The van der Waals surface area contributed by atoms with Crippen molar-refractivity contribution in [2.45, 2.75) is 32.2 Å². The number of pyridine rings is 1. The Bertz CT molecular complexity index is 529. The van der Waals surface area contributed by atoms with Crippen molar-refractivity contribution in [1.29, 1.82) is 0 Å². The fourth-order valence-electron chi connectivity index (χ4n) is 1.57. The van der Waals surface area contributed by atoms with Crippen LogP contribution in [0.1, 0.15) is 42.2 Å². The Labute approximate surface area is 122 Å². The number of carboxylic acids is 1. The largest absolute Gasteiger partial charge is 0.480 e. The van der Waals surface area contributed by atoms with Gasteiger partial charge in [0.2, 0.25) is 0 Å². The summed E-state index contributed by atoms with van der Waals surface area (Å²) in [6, 6.07) is 2.02. The van der Waals surface area contributed by atoms with E-state index in [9.17, 15) is 9.59 Å². The van der Waals surface area contributed by atoms with Crippen LogP contribution in [0.15, 0.2) is 24.8 Å². The average molecular weight is 297 g/mol. The van der Waals surface area contributed by atoms with Crippen LogP contribution in [-0.4, -0.2) is 28.0 Å². The molecule has 0 bridgehead atoms. The lowest BCUT2D eigenvalue weighted by Gasteiger charge is -2.13. The minimum absolute atomic E-state index is 0.115. The minimum Gasteiger partial charge on any atom is -0.480 e. The molecule has 0 aliphatic heterocycles. The summed E-state index contributed by atoms with van der Waals surface area (Å²) in [5, 5.41) is 11.6. The van der Waals surface area contributed by atoms with Gasteiger partial charge in [0, 0.05) is 11.3 Å². The molecule has 0 radical (unpaired) electrons. The van der Waals surface area contributed by atoms with Crippen molar-refractivity contribution in [2.24, 2.45) is 0 Å². The smallest absolute Gasteiger partial charge is 0.326 e. The molecule has 6 heteroatoms. The van der Waals surface area contributed by atoms with Crippen molar-refractivity contribution in [2.75, 3.05) is 0 Å². The Kier molecular flexibility index (Phi) is 5.70. The van der Waals surface area contributed by atoms with Gasteiger partial charge in [-0.15, -0.1) is 6.58 Å². The van der Waals surface area contributed by atoms with Gasteiger partial charge in [-0.05, 0) is 24.5 Å². The van der Waals surface area contributed by atoms with Crippen LogP contribution < -0.4 is 5.32 Å². The maximum atomic E-state index is 12.1. The van der Waals surface area contributed by atoms with E-state index in [2.05, 4.69) is 16.9 Å². The molecule has 1 atom stereocenters.